The van der Waals surface area contributed by atoms with Gasteiger partial charge in [0.15, 0.2) is 5.16 Å². The number of ether oxygens (including phenoxy) is 1. The van der Waals surface area contributed by atoms with Gasteiger partial charge in [-0.05, 0) is 43.2 Å². The third kappa shape index (κ3) is 5.07. The van der Waals surface area contributed by atoms with Crippen molar-refractivity contribution in [2.45, 2.75) is 43.7 Å². The Hall–Kier alpha value is -2.58. The molecule has 168 valence electrons. The van der Waals surface area contributed by atoms with E-state index < -0.39 is 0 Å². The van der Waals surface area contributed by atoms with Crippen LogP contribution in [0.3, 0.4) is 0 Å². The lowest BCUT2D eigenvalue weighted by atomic mass is 9.83. The average molecular weight is 470 g/mol. The van der Waals surface area contributed by atoms with Crippen molar-refractivity contribution < 1.29 is 14.3 Å². The number of amides is 1. The van der Waals surface area contributed by atoms with E-state index >= 15 is 0 Å². The first-order chi connectivity index (χ1) is 15.6. The fourth-order valence-electron chi connectivity index (χ4n) is 4.02. The molecular formula is C24H27N3O3S2. The standard InChI is InChI=1S/C24H27N3O3S2/c1-3-30-23(29)21-18-10-9-17(16-7-5-4-6-8-16)15-19(18)32-22(21)26-20(28)11-14-31-24-25-12-13-27(24)2/h4-8,12-13,17H,3,9-11,14-15H2,1-2H3,(H,26,28). The SMILES string of the molecule is CCOC(=O)c1c(NC(=O)CCSc2nccn2C)sc2c1CCC(c1ccccc1)C2. The fourth-order valence-corrected chi connectivity index (χ4v) is 6.22. The van der Waals surface area contributed by atoms with E-state index in [4.69, 9.17) is 4.74 Å². The predicted octanol–water partition coefficient (Wildman–Crippen LogP) is 5.05. The Morgan fingerprint density at radius 3 is 2.84 bits per heavy atom. The second kappa shape index (κ2) is 10.4. The van der Waals surface area contributed by atoms with Crippen LogP contribution in [0.2, 0.25) is 0 Å². The first kappa shape index (κ1) is 22.6. The minimum absolute atomic E-state index is 0.101. The molecule has 0 saturated carbocycles. The van der Waals surface area contributed by atoms with Crippen LogP contribution in [0.25, 0.3) is 0 Å². The lowest BCUT2D eigenvalue weighted by Crippen LogP contribution is -2.17. The van der Waals surface area contributed by atoms with Crippen LogP contribution in [0.4, 0.5) is 5.00 Å². The van der Waals surface area contributed by atoms with Gasteiger partial charge in [0, 0.05) is 36.5 Å². The van der Waals surface area contributed by atoms with Gasteiger partial charge in [-0.15, -0.1) is 11.3 Å². The molecule has 1 aliphatic rings. The van der Waals surface area contributed by atoms with Crippen LogP contribution < -0.4 is 5.32 Å². The molecule has 1 aliphatic carbocycles. The van der Waals surface area contributed by atoms with Crippen molar-refractivity contribution in [3.8, 4) is 0 Å². The number of nitrogens with zero attached hydrogens (tertiary/aromatic N) is 2. The van der Waals surface area contributed by atoms with Crippen LogP contribution in [0, 0.1) is 0 Å². The highest BCUT2D eigenvalue weighted by atomic mass is 32.2. The van der Waals surface area contributed by atoms with Crippen molar-refractivity contribution in [2.24, 2.45) is 7.05 Å². The monoisotopic (exact) mass is 469 g/mol. The largest absolute Gasteiger partial charge is 0.462 e. The number of nitrogens with one attached hydrogen (secondary N) is 1. The molecule has 1 aromatic carbocycles. The molecular weight excluding hydrogens is 442 g/mol. The van der Waals surface area contributed by atoms with E-state index in [0.717, 1.165) is 30.0 Å². The normalized spacial score (nSPS) is 15.2. The van der Waals surface area contributed by atoms with Crippen LogP contribution in [-0.2, 0) is 29.4 Å². The molecule has 0 saturated heterocycles. The number of thioether (sulfide) groups is 1. The number of esters is 1. The molecule has 6 nitrogen and oxygen atoms in total. The summed E-state index contributed by atoms with van der Waals surface area (Å²) in [5.74, 6) is 0.596. The van der Waals surface area contributed by atoms with Crippen LogP contribution >= 0.6 is 23.1 Å². The Kier molecular flexibility index (Phi) is 7.32. The number of hydrogen-bond donors (Lipinski definition) is 1. The maximum Gasteiger partial charge on any atom is 0.341 e. The summed E-state index contributed by atoms with van der Waals surface area (Å²) in [6.07, 6.45) is 6.63. The molecule has 2 aromatic heterocycles. The second-order valence-electron chi connectivity index (χ2n) is 7.75. The van der Waals surface area contributed by atoms with Crippen molar-refractivity contribution in [1.82, 2.24) is 9.55 Å². The Morgan fingerprint density at radius 1 is 1.31 bits per heavy atom. The number of aryl methyl sites for hydroxylation is 1. The average Bonchev–Trinajstić information content (AvgIpc) is 3.36. The number of hydrogen-bond acceptors (Lipinski definition) is 6. The zero-order valence-corrected chi connectivity index (χ0v) is 19.9. The molecule has 0 bridgehead atoms. The van der Waals surface area contributed by atoms with Gasteiger partial charge in [-0.25, -0.2) is 9.78 Å². The number of anilines is 1. The zero-order valence-electron chi connectivity index (χ0n) is 18.3. The number of rotatable bonds is 8. The van der Waals surface area contributed by atoms with Gasteiger partial charge in [-0.1, -0.05) is 42.1 Å². The Balaban J connectivity index is 1.48. The van der Waals surface area contributed by atoms with Crippen molar-refractivity contribution in [1.29, 1.82) is 0 Å². The summed E-state index contributed by atoms with van der Waals surface area (Å²) >= 11 is 3.06. The maximum absolute atomic E-state index is 12.8. The Labute approximate surface area is 196 Å². The highest BCUT2D eigenvalue weighted by molar-refractivity contribution is 7.99. The van der Waals surface area contributed by atoms with Crippen molar-refractivity contribution >= 4 is 40.0 Å². The molecule has 1 amide bonds. The number of imidazole rings is 1. The van der Waals surface area contributed by atoms with Gasteiger partial charge in [-0.3, -0.25) is 4.79 Å². The summed E-state index contributed by atoms with van der Waals surface area (Å²) in [6.45, 7) is 2.11. The predicted molar refractivity (Wildman–Crippen MR) is 129 cm³/mol. The number of carbonyl (C=O) groups is 2. The van der Waals surface area contributed by atoms with Gasteiger partial charge < -0.3 is 14.6 Å². The van der Waals surface area contributed by atoms with Crippen LogP contribution in [0.5, 0.6) is 0 Å². The summed E-state index contributed by atoms with van der Waals surface area (Å²) in [4.78, 5) is 30.9. The highest BCUT2D eigenvalue weighted by Crippen LogP contribution is 2.42. The van der Waals surface area contributed by atoms with Crippen molar-refractivity contribution in [3.63, 3.8) is 0 Å². The van der Waals surface area contributed by atoms with Gasteiger partial charge in [0.2, 0.25) is 5.91 Å². The Morgan fingerprint density at radius 2 is 2.12 bits per heavy atom. The van der Waals surface area contributed by atoms with E-state index in [2.05, 4.69) is 34.6 Å². The molecule has 2 heterocycles. The second-order valence-corrected chi connectivity index (χ2v) is 9.91. The van der Waals surface area contributed by atoms with Gasteiger partial charge in [0.25, 0.3) is 0 Å². The lowest BCUT2D eigenvalue weighted by molar-refractivity contribution is -0.115. The zero-order chi connectivity index (χ0) is 22.5. The van der Waals surface area contributed by atoms with Gasteiger partial charge in [-0.2, -0.15) is 0 Å². The quantitative estimate of drug-likeness (QED) is 0.369. The molecule has 1 atom stereocenters. The van der Waals surface area contributed by atoms with Crippen LogP contribution in [-0.4, -0.2) is 33.8 Å². The minimum Gasteiger partial charge on any atom is -0.462 e. The summed E-state index contributed by atoms with van der Waals surface area (Å²) in [5.41, 5.74) is 2.91. The first-order valence-electron chi connectivity index (χ1n) is 10.8. The van der Waals surface area contributed by atoms with E-state index in [1.165, 1.54) is 33.5 Å². The smallest absolute Gasteiger partial charge is 0.341 e. The molecule has 0 spiro atoms. The molecule has 0 radical (unpaired) electrons. The first-order valence-corrected chi connectivity index (χ1v) is 12.6. The van der Waals surface area contributed by atoms with Crippen molar-refractivity contribution in [2.75, 3.05) is 17.7 Å². The maximum atomic E-state index is 12.8. The third-order valence-corrected chi connectivity index (χ3v) is 7.84. The number of aromatic nitrogens is 2. The van der Waals surface area contributed by atoms with Crippen LogP contribution in [0.1, 0.15) is 52.0 Å². The molecule has 3 aromatic rings. The minimum atomic E-state index is -0.346. The van der Waals surface area contributed by atoms with Crippen LogP contribution in [0.15, 0.2) is 47.9 Å². The number of thiophene rings is 1. The number of fused-ring (bicyclic) bond motifs is 1. The molecule has 8 heteroatoms. The molecule has 1 N–H and O–H groups in total. The van der Waals surface area contributed by atoms with E-state index in [1.54, 1.807) is 13.1 Å². The van der Waals surface area contributed by atoms with E-state index in [-0.39, 0.29) is 11.9 Å². The Bertz CT molecular complexity index is 1090. The van der Waals surface area contributed by atoms with E-state index in [0.29, 0.717) is 35.3 Å². The summed E-state index contributed by atoms with van der Waals surface area (Å²) in [6, 6.07) is 10.5. The van der Waals surface area contributed by atoms with E-state index in [1.807, 2.05) is 23.9 Å². The number of benzene rings is 1. The third-order valence-electron chi connectivity index (χ3n) is 5.61. The molecule has 1 unspecified atom stereocenters. The molecule has 0 fully saturated rings. The lowest BCUT2D eigenvalue weighted by Gasteiger charge is -2.23. The van der Waals surface area contributed by atoms with E-state index in [9.17, 15) is 9.59 Å². The molecule has 32 heavy (non-hydrogen) atoms. The van der Waals surface area contributed by atoms with Gasteiger partial charge >= 0.3 is 5.97 Å². The summed E-state index contributed by atoms with van der Waals surface area (Å²) < 4.78 is 7.26. The van der Waals surface area contributed by atoms with Gasteiger partial charge in [0.05, 0.1) is 12.2 Å². The highest BCUT2D eigenvalue weighted by Gasteiger charge is 2.30. The fraction of sp³-hybridized carbons (Fsp3) is 0.375. The summed E-state index contributed by atoms with van der Waals surface area (Å²) in [7, 11) is 1.93. The van der Waals surface area contributed by atoms with Gasteiger partial charge in [0.1, 0.15) is 5.00 Å². The summed E-state index contributed by atoms with van der Waals surface area (Å²) in [5, 5.41) is 4.49. The molecule has 4 rings (SSSR count). The number of carbonyl (C=O) groups excluding carboxylic acids is 2. The molecule has 0 aliphatic heterocycles. The van der Waals surface area contributed by atoms with Crippen molar-refractivity contribution in [3.05, 3.63) is 64.3 Å². The topological polar surface area (TPSA) is 73.2 Å².